The van der Waals surface area contributed by atoms with Gasteiger partial charge in [0.05, 0.1) is 11.0 Å². The number of rotatable bonds is 6. The number of hydrogen-bond donors (Lipinski definition) is 0. The molecule has 9 rings (SSSR count). The van der Waals surface area contributed by atoms with Gasteiger partial charge in [0, 0.05) is 42.6 Å². The first-order valence-electron chi connectivity index (χ1n) is 16.3. The molecule has 0 fully saturated rings. The maximum absolute atomic E-state index is 15.6. The van der Waals surface area contributed by atoms with Gasteiger partial charge in [0.25, 0.3) is 0 Å². The van der Waals surface area contributed by atoms with Gasteiger partial charge in [0.15, 0.2) is 14.3 Å². The van der Waals surface area contributed by atoms with Crippen molar-refractivity contribution in [1.29, 1.82) is 0 Å². The predicted molar refractivity (Wildman–Crippen MR) is 206 cm³/mol. The van der Waals surface area contributed by atoms with E-state index in [1.54, 1.807) is 0 Å². The Morgan fingerprint density at radius 3 is 1.45 bits per heavy atom. The minimum Gasteiger partial charge on any atom is -0.309 e. The fraction of sp³-hybridized carbons (Fsp3) is 0. The van der Waals surface area contributed by atoms with Crippen LogP contribution in [-0.4, -0.2) is 9.38 Å². The molecule has 0 N–H and O–H groups in total. The smallest absolute Gasteiger partial charge is 0.173 e. The molecule has 0 aliphatic carbocycles. The van der Waals surface area contributed by atoms with Crippen molar-refractivity contribution in [3.8, 4) is 0 Å². The molecule has 7 aromatic carbocycles. The number of benzene rings is 7. The van der Waals surface area contributed by atoms with Crippen molar-refractivity contribution in [2.75, 3.05) is 0 Å². The van der Waals surface area contributed by atoms with E-state index in [0.717, 1.165) is 59.4 Å². The summed E-state index contributed by atoms with van der Waals surface area (Å²) in [5.41, 5.74) is 3.34. The zero-order valence-corrected chi connectivity index (χ0v) is 28.2. The Kier molecular flexibility index (Phi) is 6.99. The van der Waals surface area contributed by atoms with Crippen LogP contribution in [0.25, 0.3) is 38.4 Å². The number of pyridine rings is 1. The molecule has 0 aliphatic rings. The van der Waals surface area contributed by atoms with E-state index in [1.165, 1.54) is 0 Å². The molecule has 0 atom stereocenters. The number of hydrogen-bond acceptors (Lipinski definition) is 3. The molecule has 9 aromatic rings. The van der Waals surface area contributed by atoms with E-state index in [9.17, 15) is 0 Å². The van der Waals surface area contributed by atoms with E-state index in [-0.39, 0.29) is 0 Å². The molecule has 0 saturated carbocycles. The van der Waals surface area contributed by atoms with Gasteiger partial charge < -0.3 is 9.13 Å². The van der Waals surface area contributed by atoms with Gasteiger partial charge in [0.2, 0.25) is 0 Å². The largest absolute Gasteiger partial charge is 0.309 e. The summed E-state index contributed by atoms with van der Waals surface area (Å²) in [5.74, 6) is 0. The Hall–Kier alpha value is -5.53. The third kappa shape index (κ3) is 4.49. The summed E-state index contributed by atoms with van der Waals surface area (Å²) >= 11 is 0. The molecule has 2 aromatic heterocycles. The minimum atomic E-state index is -3.31. The highest BCUT2D eigenvalue weighted by molar-refractivity contribution is 7.86. The maximum atomic E-state index is 15.6. The third-order valence-corrected chi connectivity index (χ3v) is 15.7. The molecule has 234 valence electrons. The van der Waals surface area contributed by atoms with Crippen LogP contribution < -0.4 is 31.8 Å². The summed E-state index contributed by atoms with van der Waals surface area (Å²) in [4.78, 5) is 5.34. The van der Waals surface area contributed by atoms with Crippen LogP contribution in [0.4, 0.5) is 0 Å². The lowest BCUT2D eigenvalue weighted by Crippen LogP contribution is -2.25. The van der Waals surface area contributed by atoms with Crippen LogP contribution in [0.2, 0.25) is 0 Å². The van der Waals surface area contributed by atoms with Gasteiger partial charge in [-0.15, -0.1) is 0 Å². The number of fused-ring (bicyclic) bond motifs is 8. The third-order valence-electron chi connectivity index (χ3n) is 9.53. The lowest BCUT2D eigenvalue weighted by Gasteiger charge is -2.21. The van der Waals surface area contributed by atoms with Crippen LogP contribution >= 0.6 is 14.3 Å². The zero-order chi connectivity index (χ0) is 33.0. The molecular formula is C43H30N2O2P2. The molecule has 0 spiro atoms. The summed E-state index contributed by atoms with van der Waals surface area (Å²) in [6.45, 7) is 0. The van der Waals surface area contributed by atoms with Crippen molar-refractivity contribution in [1.82, 2.24) is 9.38 Å². The molecule has 2 heterocycles. The number of aromatic nitrogens is 2. The second kappa shape index (κ2) is 11.6. The van der Waals surface area contributed by atoms with Gasteiger partial charge >= 0.3 is 0 Å². The zero-order valence-electron chi connectivity index (χ0n) is 26.4. The second-order valence-electron chi connectivity index (χ2n) is 12.2. The average molecular weight is 669 g/mol. The monoisotopic (exact) mass is 668 g/mol. The topological polar surface area (TPSA) is 51.4 Å². The molecular weight excluding hydrogens is 638 g/mol. The van der Waals surface area contributed by atoms with Gasteiger partial charge in [-0.3, -0.25) is 4.40 Å². The molecule has 0 amide bonds. The summed E-state index contributed by atoms with van der Waals surface area (Å²) in [6.07, 6.45) is 0. The van der Waals surface area contributed by atoms with Crippen LogP contribution in [0.1, 0.15) is 0 Å². The first-order valence-corrected chi connectivity index (χ1v) is 19.7. The van der Waals surface area contributed by atoms with E-state index in [4.69, 9.17) is 4.98 Å². The van der Waals surface area contributed by atoms with Gasteiger partial charge in [0.1, 0.15) is 11.2 Å². The fourth-order valence-corrected chi connectivity index (χ4v) is 12.7. The molecule has 0 unspecified atom stereocenters. The van der Waals surface area contributed by atoms with Gasteiger partial charge in [-0.1, -0.05) is 152 Å². The Bertz CT molecular complexity index is 2680. The van der Waals surface area contributed by atoms with E-state index in [0.29, 0.717) is 10.8 Å². The second-order valence-corrected chi connectivity index (χ2v) is 17.7. The van der Waals surface area contributed by atoms with E-state index >= 15 is 9.13 Å². The van der Waals surface area contributed by atoms with E-state index in [1.807, 2.05) is 152 Å². The van der Waals surface area contributed by atoms with Crippen molar-refractivity contribution in [3.63, 3.8) is 0 Å². The molecule has 6 heteroatoms. The number of nitrogens with zero attached hydrogens (tertiary/aromatic N) is 2. The van der Waals surface area contributed by atoms with Gasteiger partial charge in [-0.25, -0.2) is 4.98 Å². The highest BCUT2D eigenvalue weighted by Gasteiger charge is 2.34. The first kappa shape index (κ1) is 29.6. The molecule has 49 heavy (non-hydrogen) atoms. The number of imidazole rings is 1. The summed E-state index contributed by atoms with van der Waals surface area (Å²) in [7, 11) is -6.52. The quantitative estimate of drug-likeness (QED) is 0.133. The molecule has 4 nitrogen and oxygen atoms in total. The summed E-state index contributed by atoms with van der Waals surface area (Å²) in [5, 5.41) is 7.52. The van der Waals surface area contributed by atoms with Gasteiger partial charge in [-0.2, -0.15) is 0 Å². The van der Waals surface area contributed by atoms with Crippen LogP contribution in [0, 0.1) is 0 Å². The fourth-order valence-electron chi connectivity index (χ4n) is 7.23. The van der Waals surface area contributed by atoms with Crippen LogP contribution in [0.15, 0.2) is 182 Å². The van der Waals surface area contributed by atoms with Crippen molar-refractivity contribution < 1.29 is 9.13 Å². The van der Waals surface area contributed by atoms with Crippen LogP contribution in [0.3, 0.4) is 0 Å². The van der Waals surface area contributed by atoms with Crippen LogP contribution in [-0.2, 0) is 9.13 Å². The average Bonchev–Trinajstić information content (AvgIpc) is 3.59. The Morgan fingerprint density at radius 2 is 0.878 bits per heavy atom. The Labute approximate surface area is 284 Å². The van der Waals surface area contributed by atoms with Crippen molar-refractivity contribution in [2.45, 2.75) is 0 Å². The van der Waals surface area contributed by atoms with Crippen LogP contribution in [0.5, 0.6) is 0 Å². The molecule has 0 bridgehead atoms. The minimum absolute atomic E-state index is 0.706. The van der Waals surface area contributed by atoms with Crippen molar-refractivity contribution in [2.24, 2.45) is 0 Å². The summed E-state index contributed by atoms with van der Waals surface area (Å²) in [6, 6.07) is 59.5. The highest BCUT2D eigenvalue weighted by atomic mass is 31.2. The van der Waals surface area contributed by atoms with Gasteiger partial charge in [-0.05, 0) is 35.7 Å². The number of para-hydroxylation sites is 2. The van der Waals surface area contributed by atoms with E-state index in [2.05, 4.69) is 34.7 Å². The SMILES string of the molecule is O=P(c1ccccc1)(c1ccccc1)c1ccc2c(c1)c1ccccc1n1c3cccc(P(=O)(c4ccccc4)c4ccccc4)c3nc21. The molecule has 0 aliphatic heterocycles. The Balaban J connectivity index is 1.37. The first-order chi connectivity index (χ1) is 24.1. The highest BCUT2D eigenvalue weighted by Crippen LogP contribution is 2.46. The normalized spacial score (nSPS) is 12.2. The lowest BCUT2D eigenvalue weighted by atomic mass is 10.1. The van der Waals surface area contributed by atoms with Crippen molar-refractivity contribution >= 4 is 84.5 Å². The lowest BCUT2D eigenvalue weighted by molar-refractivity contribution is 0.591. The predicted octanol–water partition coefficient (Wildman–Crippen LogP) is 8.07. The van der Waals surface area contributed by atoms with Crippen molar-refractivity contribution in [3.05, 3.63) is 182 Å². The molecule has 0 radical (unpaired) electrons. The summed E-state index contributed by atoms with van der Waals surface area (Å²) < 4.78 is 33.1. The standard InChI is InChI=1S/C43H30N2O2P2/c46-48(31-16-5-1-6-17-31,32-18-7-2-8-19-32)35-28-29-37-38(30-35)36-24-13-14-25-39(36)45-40-26-15-27-41(42(40)44-43(37)45)49(47,33-20-9-3-10-21-33)34-22-11-4-12-23-34/h1-30H. The Morgan fingerprint density at radius 1 is 0.388 bits per heavy atom. The maximum Gasteiger partial charge on any atom is 0.173 e. The molecule has 0 saturated heterocycles. The van der Waals surface area contributed by atoms with E-state index < -0.39 is 14.3 Å².